The average molecular weight is 325 g/mol. The number of aryl methyl sites for hydroxylation is 1. The summed E-state index contributed by atoms with van der Waals surface area (Å²) in [5.74, 6) is 1.64. The Morgan fingerprint density at radius 2 is 1.83 bits per heavy atom. The highest BCUT2D eigenvalue weighted by molar-refractivity contribution is 5.56. The van der Waals surface area contributed by atoms with Crippen LogP contribution < -0.4 is 5.32 Å². The van der Waals surface area contributed by atoms with Gasteiger partial charge >= 0.3 is 0 Å². The molecule has 2 aromatic heterocycles. The molecule has 2 aromatic rings. The van der Waals surface area contributed by atoms with Crippen LogP contribution >= 0.6 is 0 Å². The van der Waals surface area contributed by atoms with Crippen molar-refractivity contribution in [2.75, 3.05) is 31.5 Å². The standard InChI is InChI=1S/C19H27N5/c1-15-12-17(23-18(22-15)16-6-8-20-9-7-16)21-13-19(2,3)14-24-10-4-5-11-24/h6-9,12H,4-5,10-11,13-14H2,1-3H3,(H,21,22,23). The van der Waals surface area contributed by atoms with E-state index in [0.717, 1.165) is 36.0 Å². The molecule has 0 atom stereocenters. The molecule has 0 saturated carbocycles. The SMILES string of the molecule is Cc1cc(NCC(C)(C)CN2CCCC2)nc(-c2ccncc2)n1. The summed E-state index contributed by atoms with van der Waals surface area (Å²) in [6, 6.07) is 5.89. The minimum Gasteiger partial charge on any atom is -0.369 e. The van der Waals surface area contributed by atoms with E-state index in [1.165, 1.54) is 25.9 Å². The average Bonchev–Trinajstić information content (AvgIpc) is 3.06. The third-order valence-electron chi connectivity index (χ3n) is 4.39. The summed E-state index contributed by atoms with van der Waals surface area (Å²) >= 11 is 0. The quantitative estimate of drug-likeness (QED) is 0.882. The number of hydrogen-bond acceptors (Lipinski definition) is 5. The molecule has 0 bridgehead atoms. The van der Waals surface area contributed by atoms with Gasteiger partial charge in [0.25, 0.3) is 0 Å². The Bertz CT molecular complexity index is 663. The molecule has 5 nitrogen and oxygen atoms in total. The second kappa shape index (κ2) is 7.26. The number of nitrogens with zero attached hydrogens (tertiary/aromatic N) is 4. The second-order valence-corrected chi connectivity index (χ2v) is 7.46. The van der Waals surface area contributed by atoms with E-state index in [0.29, 0.717) is 0 Å². The largest absolute Gasteiger partial charge is 0.369 e. The summed E-state index contributed by atoms with van der Waals surface area (Å²) in [4.78, 5) is 15.8. The Hall–Kier alpha value is -2.01. The molecular formula is C19H27N5. The van der Waals surface area contributed by atoms with Gasteiger partial charge in [0, 0.05) is 42.8 Å². The molecule has 1 saturated heterocycles. The summed E-state index contributed by atoms with van der Waals surface area (Å²) < 4.78 is 0. The molecule has 1 fully saturated rings. The fourth-order valence-electron chi connectivity index (χ4n) is 3.22. The molecule has 3 rings (SSSR count). The topological polar surface area (TPSA) is 53.9 Å². The van der Waals surface area contributed by atoms with Crippen LogP contribution in [-0.2, 0) is 0 Å². The second-order valence-electron chi connectivity index (χ2n) is 7.46. The fraction of sp³-hybridized carbons (Fsp3) is 0.526. The maximum absolute atomic E-state index is 4.68. The minimum absolute atomic E-state index is 0.208. The predicted octanol–water partition coefficient (Wildman–Crippen LogP) is 3.38. The Morgan fingerprint density at radius 3 is 2.54 bits per heavy atom. The van der Waals surface area contributed by atoms with Crippen molar-refractivity contribution < 1.29 is 0 Å². The van der Waals surface area contributed by atoms with Crippen LogP contribution in [0.1, 0.15) is 32.4 Å². The Labute approximate surface area is 144 Å². The molecule has 24 heavy (non-hydrogen) atoms. The maximum atomic E-state index is 4.68. The lowest BCUT2D eigenvalue weighted by Crippen LogP contribution is -2.37. The van der Waals surface area contributed by atoms with E-state index in [9.17, 15) is 0 Å². The first-order valence-electron chi connectivity index (χ1n) is 8.74. The smallest absolute Gasteiger partial charge is 0.161 e. The van der Waals surface area contributed by atoms with Crippen molar-refractivity contribution in [3.63, 3.8) is 0 Å². The van der Waals surface area contributed by atoms with E-state index in [2.05, 4.69) is 39.0 Å². The minimum atomic E-state index is 0.208. The molecule has 0 radical (unpaired) electrons. The lowest BCUT2D eigenvalue weighted by atomic mass is 9.93. The van der Waals surface area contributed by atoms with Crippen LogP contribution in [0.4, 0.5) is 5.82 Å². The highest BCUT2D eigenvalue weighted by atomic mass is 15.1. The zero-order chi connectivity index (χ0) is 17.0. The molecule has 128 valence electrons. The van der Waals surface area contributed by atoms with Gasteiger partial charge in [-0.2, -0.15) is 0 Å². The highest BCUT2D eigenvalue weighted by Crippen LogP contribution is 2.22. The number of nitrogens with one attached hydrogen (secondary N) is 1. The molecule has 0 unspecified atom stereocenters. The first-order valence-corrected chi connectivity index (χ1v) is 8.74. The van der Waals surface area contributed by atoms with Crippen LogP contribution in [0.5, 0.6) is 0 Å². The number of hydrogen-bond donors (Lipinski definition) is 1. The summed E-state index contributed by atoms with van der Waals surface area (Å²) in [5, 5.41) is 3.52. The van der Waals surface area contributed by atoms with Crippen molar-refractivity contribution in [2.45, 2.75) is 33.6 Å². The van der Waals surface area contributed by atoms with Crippen molar-refractivity contribution in [3.8, 4) is 11.4 Å². The van der Waals surface area contributed by atoms with Crippen LogP contribution in [0.15, 0.2) is 30.6 Å². The number of rotatable bonds is 6. The van der Waals surface area contributed by atoms with E-state index in [1.54, 1.807) is 12.4 Å². The first-order chi connectivity index (χ1) is 11.5. The van der Waals surface area contributed by atoms with Gasteiger partial charge in [-0.15, -0.1) is 0 Å². The van der Waals surface area contributed by atoms with Gasteiger partial charge in [-0.3, -0.25) is 4.98 Å². The number of anilines is 1. The van der Waals surface area contributed by atoms with E-state index in [1.807, 2.05) is 25.1 Å². The van der Waals surface area contributed by atoms with E-state index in [4.69, 9.17) is 0 Å². The Morgan fingerprint density at radius 1 is 1.12 bits per heavy atom. The monoisotopic (exact) mass is 325 g/mol. The van der Waals surface area contributed by atoms with Crippen molar-refractivity contribution in [2.24, 2.45) is 5.41 Å². The lowest BCUT2D eigenvalue weighted by molar-refractivity contribution is 0.220. The van der Waals surface area contributed by atoms with Gasteiger partial charge in [0.15, 0.2) is 5.82 Å². The fourth-order valence-corrected chi connectivity index (χ4v) is 3.22. The molecule has 5 heteroatoms. The predicted molar refractivity (Wildman–Crippen MR) is 97.9 cm³/mol. The number of aromatic nitrogens is 3. The van der Waals surface area contributed by atoms with Crippen LogP contribution in [0.2, 0.25) is 0 Å². The molecule has 0 spiro atoms. The van der Waals surface area contributed by atoms with Crippen molar-refractivity contribution in [1.29, 1.82) is 0 Å². The normalized spacial score (nSPS) is 15.6. The Kier molecular flexibility index (Phi) is 5.09. The van der Waals surface area contributed by atoms with E-state index in [-0.39, 0.29) is 5.41 Å². The molecule has 3 heterocycles. The van der Waals surface area contributed by atoms with Gasteiger partial charge in [0.2, 0.25) is 0 Å². The summed E-state index contributed by atoms with van der Waals surface area (Å²) in [6.07, 6.45) is 6.22. The van der Waals surface area contributed by atoms with E-state index >= 15 is 0 Å². The molecule has 0 aliphatic carbocycles. The van der Waals surface area contributed by atoms with Gasteiger partial charge in [-0.05, 0) is 50.4 Å². The molecule has 0 aromatic carbocycles. The van der Waals surface area contributed by atoms with Gasteiger partial charge in [0.1, 0.15) is 5.82 Å². The van der Waals surface area contributed by atoms with Gasteiger partial charge in [-0.25, -0.2) is 9.97 Å². The summed E-state index contributed by atoms with van der Waals surface area (Å²) in [5.41, 5.74) is 2.17. The van der Waals surface area contributed by atoms with Crippen molar-refractivity contribution in [3.05, 3.63) is 36.3 Å². The van der Waals surface area contributed by atoms with Crippen LogP contribution in [-0.4, -0.2) is 46.0 Å². The third kappa shape index (κ3) is 4.51. The molecule has 0 amide bonds. The molecule has 1 aliphatic rings. The highest BCUT2D eigenvalue weighted by Gasteiger charge is 2.23. The summed E-state index contributed by atoms with van der Waals surface area (Å²) in [6.45, 7) is 11.1. The molecule has 1 N–H and O–H groups in total. The van der Waals surface area contributed by atoms with Crippen molar-refractivity contribution >= 4 is 5.82 Å². The first kappa shape index (κ1) is 16.8. The third-order valence-corrected chi connectivity index (χ3v) is 4.39. The number of pyridine rings is 1. The van der Waals surface area contributed by atoms with Crippen molar-refractivity contribution in [1.82, 2.24) is 19.9 Å². The lowest BCUT2D eigenvalue weighted by Gasteiger charge is -2.30. The zero-order valence-electron chi connectivity index (χ0n) is 14.9. The van der Waals surface area contributed by atoms with Crippen LogP contribution in [0.3, 0.4) is 0 Å². The summed E-state index contributed by atoms with van der Waals surface area (Å²) in [7, 11) is 0. The Balaban J connectivity index is 1.67. The maximum Gasteiger partial charge on any atom is 0.161 e. The van der Waals surface area contributed by atoms with Gasteiger partial charge < -0.3 is 10.2 Å². The molecular weight excluding hydrogens is 298 g/mol. The van der Waals surface area contributed by atoms with Crippen LogP contribution in [0.25, 0.3) is 11.4 Å². The van der Waals surface area contributed by atoms with E-state index < -0.39 is 0 Å². The zero-order valence-corrected chi connectivity index (χ0v) is 14.9. The number of likely N-dealkylation sites (tertiary alicyclic amines) is 1. The molecule has 1 aliphatic heterocycles. The van der Waals surface area contributed by atoms with Gasteiger partial charge in [-0.1, -0.05) is 13.8 Å². The van der Waals surface area contributed by atoms with Crippen LogP contribution in [0, 0.1) is 12.3 Å². The van der Waals surface area contributed by atoms with Gasteiger partial charge in [0.05, 0.1) is 0 Å².